The second kappa shape index (κ2) is 5.65. The molecule has 1 unspecified atom stereocenters. The van der Waals surface area contributed by atoms with Crippen LogP contribution in [-0.2, 0) is 4.79 Å². The largest absolute Gasteiger partial charge is 0.398 e. The van der Waals surface area contributed by atoms with E-state index in [2.05, 4.69) is 5.32 Å². The Bertz CT molecular complexity index is 438. The van der Waals surface area contributed by atoms with E-state index >= 15 is 0 Å². The highest BCUT2D eigenvalue weighted by Gasteiger charge is 2.20. The maximum Gasteiger partial charge on any atom is 0.233 e. The van der Waals surface area contributed by atoms with Crippen LogP contribution in [0.5, 0.6) is 0 Å². The van der Waals surface area contributed by atoms with E-state index in [-0.39, 0.29) is 16.7 Å². The number of hydrogen-bond acceptors (Lipinski definition) is 3. The lowest BCUT2D eigenvalue weighted by Gasteiger charge is -2.23. The lowest BCUT2D eigenvalue weighted by atomic mass is 10.1. The number of hydrogen-bond donors (Lipinski definition) is 2. The van der Waals surface area contributed by atoms with Crippen LogP contribution in [0.3, 0.4) is 0 Å². The summed E-state index contributed by atoms with van der Waals surface area (Å²) in [6, 6.07) is 5.87. The molecule has 0 aliphatic carbocycles. The first-order chi connectivity index (χ1) is 8.19. The van der Waals surface area contributed by atoms with Gasteiger partial charge in [-0.3, -0.25) is 4.79 Å². The van der Waals surface area contributed by atoms with Crippen molar-refractivity contribution < 1.29 is 4.79 Å². The third-order valence-corrected chi connectivity index (χ3v) is 3.52. The molecule has 3 nitrogen and oxygen atoms in total. The zero-order chi connectivity index (χ0) is 13.9. The molecule has 1 amide bonds. The quantitative estimate of drug-likeness (QED) is 0.653. The molecule has 0 aliphatic heterocycles. The van der Waals surface area contributed by atoms with Crippen LogP contribution in [0.25, 0.3) is 0 Å². The molecular weight excluding hydrogens is 244 g/mol. The van der Waals surface area contributed by atoms with E-state index in [0.717, 1.165) is 16.1 Å². The molecule has 0 heterocycles. The monoisotopic (exact) mass is 266 g/mol. The summed E-state index contributed by atoms with van der Waals surface area (Å²) in [7, 11) is 0. The first-order valence-corrected chi connectivity index (χ1v) is 6.92. The van der Waals surface area contributed by atoms with Crippen LogP contribution in [0, 0.1) is 6.92 Å². The summed E-state index contributed by atoms with van der Waals surface area (Å²) in [5, 5.41) is 2.81. The Morgan fingerprint density at radius 1 is 1.39 bits per heavy atom. The first kappa shape index (κ1) is 14.9. The summed E-state index contributed by atoms with van der Waals surface area (Å²) >= 11 is 1.50. The second-order valence-corrected chi connectivity index (χ2v) is 6.92. The Balaban J connectivity index is 2.72. The zero-order valence-electron chi connectivity index (χ0n) is 11.7. The van der Waals surface area contributed by atoms with Crippen molar-refractivity contribution in [1.29, 1.82) is 0 Å². The highest BCUT2D eigenvalue weighted by molar-refractivity contribution is 8.00. The Morgan fingerprint density at radius 2 is 2.00 bits per heavy atom. The second-order valence-electron chi connectivity index (χ2n) is 5.54. The maximum atomic E-state index is 12.0. The number of aryl methyl sites for hydroxylation is 1. The van der Waals surface area contributed by atoms with Gasteiger partial charge < -0.3 is 11.1 Å². The maximum absolute atomic E-state index is 12.0. The van der Waals surface area contributed by atoms with Gasteiger partial charge in [0.05, 0.1) is 5.25 Å². The van der Waals surface area contributed by atoms with Crippen molar-refractivity contribution >= 4 is 23.4 Å². The van der Waals surface area contributed by atoms with Crippen LogP contribution >= 0.6 is 11.8 Å². The third kappa shape index (κ3) is 4.61. The van der Waals surface area contributed by atoms with E-state index in [9.17, 15) is 4.79 Å². The van der Waals surface area contributed by atoms with Gasteiger partial charge in [0, 0.05) is 16.1 Å². The fourth-order valence-corrected chi connectivity index (χ4v) is 2.46. The molecule has 0 saturated carbocycles. The number of carbonyl (C=O) groups excluding carboxylic acids is 1. The van der Waals surface area contributed by atoms with Crippen molar-refractivity contribution in [3.8, 4) is 0 Å². The van der Waals surface area contributed by atoms with Gasteiger partial charge in [-0.15, -0.1) is 11.8 Å². The average Bonchev–Trinajstić information content (AvgIpc) is 2.21. The molecule has 18 heavy (non-hydrogen) atoms. The Kier molecular flexibility index (Phi) is 4.68. The number of benzene rings is 1. The van der Waals surface area contributed by atoms with Gasteiger partial charge in [0.25, 0.3) is 0 Å². The molecule has 1 rings (SSSR count). The molecule has 0 bridgehead atoms. The molecule has 0 aliphatic rings. The molecule has 0 saturated heterocycles. The highest BCUT2D eigenvalue weighted by Crippen LogP contribution is 2.29. The van der Waals surface area contributed by atoms with Gasteiger partial charge in [0.1, 0.15) is 0 Å². The molecule has 0 fully saturated rings. The number of thioether (sulfide) groups is 1. The highest BCUT2D eigenvalue weighted by atomic mass is 32.2. The van der Waals surface area contributed by atoms with Crippen molar-refractivity contribution in [3.05, 3.63) is 23.8 Å². The van der Waals surface area contributed by atoms with E-state index < -0.39 is 0 Å². The minimum atomic E-state index is -0.204. The topological polar surface area (TPSA) is 55.1 Å². The summed E-state index contributed by atoms with van der Waals surface area (Å²) in [6.07, 6.45) is 0. The normalized spacial score (nSPS) is 13.2. The van der Waals surface area contributed by atoms with Gasteiger partial charge in [0.2, 0.25) is 5.91 Å². The molecule has 0 aromatic heterocycles. The number of nitrogens with two attached hydrogens (primary N) is 1. The number of anilines is 1. The van der Waals surface area contributed by atoms with Crippen LogP contribution in [-0.4, -0.2) is 16.7 Å². The lowest BCUT2D eigenvalue weighted by Crippen LogP contribution is -2.44. The van der Waals surface area contributed by atoms with Gasteiger partial charge in [-0.25, -0.2) is 0 Å². The van der Waals surface area contributed by atoms with Crippen molar-refractivity contribution in [2.24, 2.45) is 0 Å². The van der Waals surface area contributed by atoms with E-state index in [1.807, 2.05) is 52.8 Å². The van der Waals surface area contributed by atoms with E-state index in [1.54, 1.807) is 0 Å². The predicted octanol–water partition coefficient (Wildman–Crippen LogP) is 2.97. The van der Waals surface area contributed by atoms with E-state index in [0.29, 0.717) is 0 Å². The Morgan fingerprint density at radius 3 is 2.56 bits per heavy atom. The minimum Gasteiger partial charge on any atom is -0.398 e. The molecule has 100 valence electrons. The molecule has 1 aromatic carbocycles. The van der Waals surface area contributed by atoms with Gasteiger partial charge >= 0.3 is 0 Å². The molecule has 0 radical (unpaired) electrons. The summed E-state index contributed by atoms with van der Waals surface area (Å²) in [4.78, 5) is 13.0. The average molecular weight is 266 g/mol. The van der Waals surface area contributed by atoms with Gasteiger partial charge in [0.15, 0.2) is 0 Å². The number of nitrogens with one attached hydrogen (secondary N) is 1. The molecule has 1 aromatic rings. The molecule has 0 spiro atoms. The summed E-state index contributed by atoms with van der Waals surface area (Å²) in [5.41, 5.74) is 7.58. The molecular formula is C14H22N2OS. The van der Waals surface area contributed by atoms with E-state index in [1.165, 1.54) is 11.8 Å². The van der Waals surface area contributed by atoms with Crippen LogP contribution in [0.2, 0.25) is 0 Å². The number of rotatable bonds is 3. The lowest BCUT2D eigenvalue weighted by molar-refractivity contribution is -0.121. The van der Waals surface area contributed by atoms with E-state index in [4.69, 9.17) is 5.73 Å². The Hall–Kier alpha value is -1.16. The van der Waals surface area contributed by atoms with Gasteiger partial charge in [-0.1, -0.05) is 6.07 Å². The minimum absolute atomic E-state index is 0.0356. The Labute approximate surface area is 114 Å². The van der Waals surface area contributed by atoms with Crippen LogP contribution in [0.15, 0.2) is 23.1 Å². The van der Waals surface area contributed by atoms with Crippen LogP contribution < -0.4 is 11.1 Å². The van der Waals surface area contributed by atoms with Gasteiger partial charge in [-0.2, -0.15) is 0 Å². The SMILES string of the molecule is Cc1ccc(N)c(SC(C)C(=O)NC(C)(C)C)c1. The summed E-state index contributed by atoms with van der Waals surface area (Å²) < 4.78 is 0. The van der Waals surface area contributed by atoms with Gasteiger partial charge in [-0.05, 0) is 52.3 Å². The molecule has 1 atom stereocenters. The van der Waals surface area contributed by atoms with Crippen molar-refractivity contribution in [2.75, 3.05) is 5.73 Å². The van der Waals surface area contributed by atoms with Crippen molar-refractivity contribution in [3.63, 3.8) is 0 Å². The first-order valence-electron chi connectivity index (χ1n) is 6.04. The third-order valence-electron chi connectivity index (χ3n) is 2.34. The van der Waals surface area contributed by atoms with Crippen LogP contribution in [0.4, 0.5) is 5.69 Å². The molecule has 3 N–H and O–H groups in total. The fourth-order valence-electron chi connectivity index (χ4n) is 1.46. The number of amides is 1. The summed E-state index contributed by atoms with van der Waals surface area (Å²) in [6.45, 7) is 9.84. The molecule has 4 heteroatoms. The fraction of sp³-hybridized carbons (Fsp3) is 0.500. The number of nitrogen functional groups attached to an aromatic ring is 1. The smallest absolute Gasteiger partial charge is 0.233 e. The van der Waals surface area contributed by atoms with Crippen molar-refractivity contribution in [1.82, 2.24) is 5.32 Å². The summed E-state index contributed by atoms with van der Waals surface area (Å²) in [5.74, 6) is 0.0356. The zero-order valence-corrected chi connectivity index (χ0v) is 12.5. The standard InChI is InChI=1S/C14H22N2OS/c1-9-6-7-11(15)12(8-9)18-10(2)13(17)16-14(3,4)5/h6-8,10H,15H2,1-5H3,(H,16,17). The predicted molar refractivity (Wildman–Crippen MR) is 78.8 cm³/mol. The van der Waals surface area contributed by atoms with Crippen molar-refractivity contribution in [2.45, 2.75) is 50.3 Å². The number of carbonyl (C=O) groups is 1. The van der Waals surface area contributed by atoms with Crippen LogP contribution in [0.1, 0.15) is 33.3 Å².